The van der Waals surface area contributed by atoms with Gasteiger partial charge in [-0.2, -0.15) is 0 Å². The lowest BCUT2D eigenvalue weighted by Crippen LogP contribution is -2.47. The number of anilines is 1. The van der Waals surface area contributed by atoms with E-state index in [1.54, 1.807) is 0 Å². The molecular weight excluding hydrogens is 246 g/mol. The Kier molecular flexibility index (Phi) is 4.27. The maximum absolute atomic E-state index is 6.02. The van der Waals surface area contributed by atoms with Crippen LogP contribution >= 0.6 is 0 Å². The van der Waals surface area contributed by atoms with E-state index in [2.05, 4.69) is 41.0 Å². The van der Waals surface area contributed by atoms with E-state index in [0.717, 1.165) is 18.9 Å². The van der Waals surface area contributed by atoms with Crippen molar-refractivity contribution in [1.29, 1.82) is 0 Å². The summed E-state index contributed by atoms with van der Waals surface area (Å²) >= 11 is 0. The monoisotopic (exact) mass is 273 g/mol. The van der Waals surface area contributed by atoms with Gasteiger partial charge in [0.1, 0.15) is 0 Å². The van der Waals surface area contributed by atoms with Gasteiger partial charge in [-0.25, -0.2) is 0 Å². The first-order valence-corrected chi connectivity index (χ1v) is 8.10. The molecule has 0 bridgehead atoms. The summed E-state index contributed by atoms with van der Waals surface area (Å²) in [4.78, 5) is 5.17. The second-order valence-corrected chi connectivity index (χ2v) is 6.29. The molecule has 0 spiro atoms. The van der Waals surface area contributed by atoms with Crippen LogP contribution in [-0.2, 0) is 6.42 Å². The molecule has 2 aliphatic rings. The van der Waals surface area contributed by atoms with Crippen molar-refractivity contribution in [1.82, 2.24) is 4.90 Å². The normalized spacial score (nSPS) is 22.0. The molecule has 1 saturated heterocycles. The first kappa shape index (κ1) is 13.9. The Balaban J connectivity index is 1.55. The van der Waals surface area contributed by atoms with E-state index in [9.17, 15) is 0 Å². The van der Waals surface area contributed by atoms with Crippen LogP contribution < -0.4 is 10.6 Å². The molecule has 1 unspecified atom stereocenters. The highest BCUT2D eigenvalue weighted by Gasteiger charge is 2.31. The zero-order valence-electron chi connectivity index (χ0n) is 12.6. The number of benzene rings is 1. The molecule has 1 heterocycles. The predicted molar refractivity (Wildman–Crippen MR) is 85.2 cm³/mol. The van der Waals surface area contributed by atoms with Crippen molar-refractivity contribution >= 4 is 5.69 Å². The number of hydrogen-bond donors (Lipinski definition) is 1. The molecule has 2 fully saturated rings. The fourth-order valence-electron chi connectivity index (χ4n) is 3.07. The summed E-state index contributed by atoms with van der Waals surface area (Å²) in [6, 6.07) is 10.2. The number of nitrogens with two attached hydrogens (primary N) is 1. The molecule has 2 N–H and O–H groups in total. The summed E-state index contributed by atoms with van der Waals surface area (Å²) in [7, 11) is 0. The molecule has 1 atom stereocenters. The highest BCUT2D eigenvalue weighted by atomic mass is 15.3. The van der Waals surface area contributed by atoms with Crippen LogP contribution in [0.1, 0.15) is 31.7 Å². The van der Waals surface area contributed by atoms with Crippen molar-refractivity contribution in [3.63, 3.8) is 0 Å². The summed E-state index contributed by atoms with van der Waals surface area (Å²) < 4.78 is 0. The van der Waals surface area contributed by atoms with Gasteiger partial charge in [0.05, 0.1) is 0 Å². The molecule has 1 aliphatic heterocycles. The Morgan fingerprint density at radius 1 is 1.10 bits per heavy atom. The summed E-state index contributed by atoms with van der Waals surface area (Å²) in [6.07, 6.45) is 4.88. The minimum atomic E-state index is 0.294. The van der Waals surface area contributed by atoms with Crippen LogP contribution in [0.15, 0.2) is 24.3 Å². The molecule has 1 aliphatic carbocycles. The van der Waals surface area contributed by atoms with Gasteiger partial charge in [-0.05, 0) is 43.4 Å². The first-order chi connectivity index (χ1) is 9.76. The second-order valence-electron chi connectivity index (χ2n) is 6.29. The molecular formula is C17H27N3. The van der Waals surface area contributed by atoms with Gasteiger partial charge in [0.2, 0.25) is 0 Å². The van der Waals surface area contributed by atoms with Gasteiger partial charge in [0, 0.05) is 44.0 Å². The van der Waals surface area contributed by atoms with Gasteiger partial charge in [0.25, 0.3) is 0 Å². The van der Waals surface area contributed by atoms with Crippen molar-refractivity contribution in [2.75, 3.05) is 31.1 Å². The molecule has 3 heteroatoms. The van der Waals surface area contributed by atoms with Crippen LogP contribution in [-0.4, -0.2) is 43.2 Å². The summed E-state index contributed by atoms with van der Waals surface area (Å²) in [5.74, 6) is 0. The zero-order valence-corrected chi connectivity index (χ0v) is 12.6. The van der Waals surface area contributed by atoms with Gasteiger partial charge >= 0.3 is 0 Å². The first-order valence-electron chi connectivity index (χ1n) is 8.10. The van der Waals surface area contributed by atoms with Gasteiger partial charge in [-0.15, -0.1) is 0 Å². The lowest BCUT2D eigenvalue weighted by Gasteiger charge is -2.36. The average Bonchev–Trinajstić information content (AvgIpc) is 3.33. The van der Waals surface area contributed by atoms with E-state index in [4.69, 9.17) is 5.73 Å². The standard InChI is InChI=1S/C17H27N3/c1-2-15(18)13-14-3-5-16(6-4-14)19-9-11-20(12-10-19)17-7-8-17/h3-6,15,17H,2,7-13,18H2,1H3. The molecule has 3 rings (SSSR count). The van der Waals surface area contributed by atoms with Gasteiger partial charge in [-0.1, -0.05) is 19.1 Å². The summed E-state index contributed by atoms with van der Waals surface area (Å²) in [6.45, 7) is 6.95. The Bertz CT molecular complexity index is 416. The van der Waals surface area contributed by atoms with E-state index in [-0.39, 0.29) is 0 Å². The van der Waals surface area contributed by atoms with Gasteiger partial charge in [0.15, 0.2) is 0 Å². The Hall–Kier alpha value is -1.06. The topological polar surface area (TPSA) is 32.5 Å². The average molecular weight is 273 g/mol. The summed E-state index contributed by atoms with van der Waals surface area (Å²) in [5, 5.41) is 0. The maximum atomic E-state index is 6.02. The van der Waals surface area contributed by atoms with Crippen molar-refractivity contribution < 1.29 is 0 Å². The Morgan fingerprint density at radius 2 is 1.75 bits per heavy atom. The molecule has 1 aromatic rings. The number of nitrogens with zero attached hydrogens (tertiary/aromatic N) is 2. The molecule has 1 aromatic carbocycles. The third-order valence-corrected chi connectivity index (χ3v) is 4.70. The van der Waals surface area contributed by atoms with E-state index >= 15 is 0 Å². The fraction of sp³-hybridized carbons (Fsp3) is 0.647. The maximum Gasteiger partial charge on any atom is 0.0367 e. The lowest BCUT2D eigenvalue weighted by molar-refractivity contribution is 0.248. The van der Waals surface area contributed by atoms with E-state index < -0.39 is 0 Å². The van der Waals surface area contributed by atoms with Crippen molar-refractivity contribution in [3.05, 3.63) is 29.8 Å². The minimum absolute atomic E-state index is 0.294. The molecule has 0 radical (unpaired) electrons. The van der Waals surface area contributed by atoms with Crippen LogP contribution in [0.2, 0.25) is 0 Å². The Labute approximate surface area is 122 Å². The molecule has 20 heavy (non-hydrogen) atoms. The van der Waals surface area contributed by atoms with Crippen LogP contribution in [0.4, 0.5) is 5.69 Å². The molecule has 3 nitrogen and oxygen atoms in total. The fourth-order valence-corrected chi connectivity index (χ4v) is 3.07. The van der Waals surface area contributed by atoms with E-state index in [1.165, 1.54) is 50.3 Å². The SMILES string of the molecule is CCC(N)Cc1ccc(N2CCN(C3CC3)CC2)cc1. The van der Waals surface area contributed by atoms with Gasteiger partial charge < -0.3 is 10.6 Å². The van der Waals surface area contributed by atoms with Crippen molar-refractivity contribution in [2.45, 2.75) is 44.7 Å². The van der Waals surface area contributed by atoms with Crippen LogP contribution in [0, 0.1) is 0 Å². The highest BCUT2D eigenvalue weighted by molar-refractivity contribution is 5.48. The number of hydrogen-bond acceptors (Lipinski definition) is 3. The zero-order chi connectivity index (χ0) is 13.9. The highest BCUT2D eigenvalue weighted by Crippen LogP contribution is 2.28. The lowest BCUT2D eigenvalue weighted by atomic mass is 10.0. The van der Waals surface area contributed by atoms with E-state index in [1.807, 2.05) is 0 Å². The second kappa shape index (κ2) is 6.15. The van der Waals surface area contributed by atoms with E-state index in [0.29, 0.717) is 6.04 Å². The number of piperazine rings is 1. The number of rotatable bonds is 5. The van der Waals surface area contributed by atoms with Crippen LogP contribution in [0.5, 0.6) is 0 Å². The van der Waals surface area contributed by atoms with Crippen LogP contribution in [0.3, 0.4) is 0 Å². The van der Waals surface area contributed by atoms with Gasteiger partial charge in [-0.3, -0.25) is 4.90 Å². The molecule has 0 amide bonds. The molecule has 1 saturated carbocycles. The Morgan fingerprint density at radius 3 is 2.30 bits per heavy atom. The quantitative estimate of drug-likeness (QED) is 0.893. The third-order valence-electron chi connectivity index (χ3n) is 4.70. The largest absolute Gasteiger partial charge is 0.369 e. The van der Waals surface area contributed by atoms with Crippen molar-refractivity contribution in [3.8, 4) is 0 Å². The summed E-state index contributed by atoms with van der Waals surface area (Å²) in [5.41, 5.74) is 8.75. The minimum Gasteiger partial charge on any atom is -0.369 e. The van der Waals surface area contributed by atoms with Crippen LogP contribution in [0.25, 0.3) is 0 Å². The molecule has 0 aromatic heterocycles. The molecule has 110 valence electrons. The van der Waals surface area contributed by atoms with Crippen molar-refractivity contribution in [2.24, 2.45) is 5.73 Å². The predicted octanol–water partition coefficient (Wildman–Crippen LogP) is 2.25. The third kappa shape index (κ3) is 3.33. The smallest absolute Gasteiger partial charge is 0.0367 e.